The zero-order valence-electron chi connectivity index (χ0n) is 20.8. The highest BCUT2D eigenvalue weighted by molar-refractivity contribution is 8.02. The number of nitrogens with zero attached hydrogens (tertiary/aromatic N) is 5. The summed E-state index contributed by atoms with van der Waals surface area (Å²) in [5.74, 6) is -1.98. The van der Waals surface area contributed by atoms with Crippen molar-refractivity contribution in [2.75, 3.05) is 17.3 Å². The van der Waals surface area contributed by atoms with Crippen LogP contribution in [0.3, 0.4) is 0 Å². The molecule has 0 spiro atoms. The highest BCUT2D eigenvalue weighted by Gasteiger charge is 2.54. The summed E-state index contributed by atoms with van der Waals surface area (Å²) in [6, 6.07) is 6.68. The maximum absolute atomic E-state index is 13.4. The Labute approximate surface area is 244 Å². The third-order valence-electron chi connectivity index (χ3n) is 5.86. The number of hydrogen-bond acceptors (Lipinski definition) is 12. The van der Waals surface area contributed by atoms with Gasteiger partial charge in [-0.2, -0.15) is 0 Å². The minimum Gasteiger partial charge on any atom is -0.477 e. The summed E-state index contributed by atoms with van der Waals surface area (Å²) in [5.41, 5.74) is 1.07. The van der Waals surface area contributed by atoms with Gasteiger partial charge in [-0.3, -0.25) is 19.3 Å². The molecule has 3 aromatic rings. The van der Waals surface area contributed by atoms with Crippen LogP contribution >= 0.6 is 46.6 Å². The SMILES string of the molecule is Cc1nnc(SCC2=C(C(=O)O)N3C(=O)C(NC(=O)C(NC(=O)CSc4nnc[nH]4)c4ccccc4)[C@@H]3SC2)s1. The van der Waals surface area contributed by atoms with E-state index >= 15 is 0 Å². The van der Waals surface area contributed by atoms with Crippen LogP contribution in [0.5, 0.6) is 0 Å². The number of aromatic amines is 1. The van der Waals surface area contributed by atoms with Crippen molar-refractivity contribution in [2.45, 2.75) is 33.9 Å². The Morgan fingerprint density at radius 2 is 2.00 bits per heavy atom. The van der Waals surface area contributed by atoms with E-state index in [1.54, 1.807) is 30.3 Å². The second-order valence-corrected chi connectivity index (χ2v) is 13.0. The number of aromatic nitrogens is 5. The van der Waals surface area contributed by atoms with Crippen LogP contribution in [0, 0.1) is 6.92 Å². The van der Waals surface area contributed by atoms with Crippen LogP contribution in [0.2, 0.25) is 0 Å². The first kappa shape index (κ1) is 28.1. The molecule has 3 amide bonds. The Hall–Kier alpha value is -3.41. The average molecular weight is 619 g/mol. The first-order valence-electron chi connectivity index (χ1n) is 11.8. The van der Waals surface area contributed by atoms with Crippen molar-refractivity contribution in [1.82, 2.24) is 40.9 Å². The standard InChI is InChI=1S/C23H22N8O5S4/c1-11-28-30-23(40-11)39-8-13-7-37-20-16(19(34)31(20)17(13)21(35)36)27-18(33)15(12-5-3-2-4-6-12)26-14(32)9-38-22-24-10-25-29-22/h2-6,10,15-16,20H,7-9H2,1H3,(H,26,32)(H,27,33)(H,35,36)(H,24,25,29)/t15?,16?,20-/m0/s1. The van der Waals surface area contributed by atoms with Gasteiger partial charge in [0.15, 0.2) is 9.50 Å². The van der Waals surface area contributed by atoms with Gasteiger partial charge in [-0.05, 0) is 18.1 Å². The number of rotatable bonds is 11. The van der Waals surface area contributed by atoms with E-state index in [1.807, 2.05) is 6.92 Å². The Balaban J connectivity index is 1.26. The Morgan fingerprint density at radius 1 is 1.20 bits per heavy atom. The molecule has 17 heteroatoms. The Kier molecular flexibility index (Phi) is 8.72. The van der Waals surface area contributed by atoms with E-state index in [0.717, 1.165) is 21.1 Å². The lowest BCUT2D eigenvalue weighted by molar-refractivity contribution is -0.151. The number of aliphatic carboxylic acids is 1. The Bertz CT molecular complexity index is 1450. The first-order valence-corrected chi connectivity index (χ1v) is 15.6. The number of benzene rings is 1. The average Bonchev–Trinajstić information content (AvgIpc) is 3.63. The van der Waals surface area contributed by atoms with Crippen LogP contribution < -0.4 is 10.6 Å². The summed E-state index contributed by atoms with van der Waals surface area (Å²) in [5, 5.41) is 31.6. The topological polar surface area (TPSA) is 183 Å². The van der Waals surface area contributed by atoms with Gasteiger partial charge in [-0.1, -0.05) is 65.2 Å². The molecule has 40 heavy (non-hydrogen) atoms. The van der Waals surface area contributed by atoms with Crippen LogP contribution in [-0.4, -0.2) is 87.8 Å². The normalized spacial score (nSPS) is 19.0. The largest absolute Gasteiger partial charge is 0.477 e. The lowest BCUT2D eigenvalue weighted by Crippen LogP contribution is -2.71. The monoisotopic (exact) mass is 618 g/mol. The van der Waals surface area contributed by atoms with Gasteiger partial charge in [-0.25, -0.2) is 4.79 Å². The van der Waals surface area contributed by atoms with E-state index in [2.05, 4.69) is 36.0 Å². The third-order valence-corrected chi connectivity index (χ3v) is 10.1. The molecule has 13 nitrogen and oxygen atoms in total. The minimum absolute atomic E-state index is 0.00933. The van der Waals surface area contributed by atoms with Crippen LogP contribution in [-0.2, 0) is 19.2 Å². The maximum atomic E-state index is 13.4. The molecule has 0 saturated carbocycles. The molecule has 0 aliphatic carbocycles. The number of carboxylic acids is 1. The number of carbonyl (C=O) groups excluding carboxylic acids is 3. The van der Waals surface area contributed by atoms with Crippen LogP contribution in [0.4, 0.5) is 0 Å². The molecule has 1 aromatic carbocycles. The van der Waals surface area contributed by atoms with Crippen molar-refractivity contribution in [1.29, 1.82) is 0 Å². The molecule has 4 heterocycles. The molecule has 4 N–H and O–H groups in total. The van der Waals surface area contributed by atoms with Gasteiger partial charge < -0.3 is 20.7 Å². The zero-order valence-corrected chi connectivity index (χ0v) is 24.0. The quantitative estimate of drug-likeness (QED) is 0.179. The lowest BCUT2D eigenvalue weighted by atomic mass is 10.0. The molecule has 2 aromatic heterocycles. The van der Waals surface area contributed by atoms with Gasteiger partial charge in [0, 0.05) is 11.5 Å². The number of H-pyrrole nitrogens is 1. The van der Waals surface area contributed by atoms with Crippen molar-refractivity contribution < 1.29 is 24.3 Å². The fourth-order valence-electron chi connectivity index (χ4n) is 4.06. The molecule has 5 rings (SSSR count). The highest BCUT2D eigenvalue weighted by atomic mass is 32.2. The zero-order chi connectivity index (χ0) is 28.2. The first-order chi connectivity index (χ1) is 19.3. The molecule has 3 atom stereocenters. The van der Waals surface area contributed by atoms with Crippen molar-refractivity contribution >= 4 is 70.3 Å². The summed E-state index contributed by atoms with van der Waals surface area (Å²) in [4.78, 5) is 55.4. The smallest absolute Gasteiger partial charge is 0.352 e. The number of β-lactam (4-membered cyclic amide) rings is 1. The number of hydrogen-bond donors (Lipinski definition) is 4. The van der Waals surface area contributed by atoms with Crippen molar-refractivity contribution in [2.24, 2.45) is 0 Å². The highest BCUT2D eigenvalue weighted by Crippen LogP contribution is 2.42. The van der Waals surface area contributed by atoms with E-state index in [-0.39, 0.29) is 11.4 Å². The van der Waals surface area contributed by atoms with Crippen LogP contribution in [0.1, 0.15) is 16.6 Å². The molecule has 2 unspecified atom stereocenters. The summed E-state index contributed by atoms with van der Waals surface area (Å²) in [7, 11) is 0. The molecule has 2 aliphatic heterocycles. The number of fused-ring (bicyclic) bond motifs is 1. The fourth-order valence-corrected chi connectivity index (χ4v) is 7.96. The molecule has 208 valence electrons. The molecule has 1 fully saturated rings. The molecule has 1 saturated heterocycles. The number of thioether (sulfide) groups is 3. The third kappa shape index (κ3) is 6.16. The number of carbonyl (C=O) groups is 4. The molecular formula is C23H22N8O5S4. The van der Waals surface area contributed by atoms with E-state index in [9.17, 15) is 24.3 Å². The van der Waals surface area contributed by atoms with Gasteiger partial charge in [-0.15, -0.1) is 32.2 Å². The Morgan fingerprint density at radius 3 is 2.67 bits per heavy atom. The van der Waals surface area contributed by atoms with Gasteiger partial charge >= 0.3 is 5.97 Å². The summed E-state index contributed by atoms with van der Waals surface area (Å²) >= 11 is 5.29. The lowest BCUT2D eigenvalue weighted by Gasteiger charge is -2.49. The fraction of sp³-hybridized carbons (Fsp3) is 0.304. The molecule has 2 aliphatic rings. The molecular weight excluding hydrogens is 597 g/mol. The van der Waals surface area contributed by atoms with Gasteiger partial charge in [0.05, 0.1) is 5.75 Å². The number of aryl methyl sites for hydroxylation is 1. The van der Waals surface area contributed by atoms with Gasteiger partial charge in [0.25, 0.3) is 5.91 Å². The van der Waals surface area contributed by atoms with E-state index in [0.29, 0.717) is 27.8 Å². The van der Waals surface area contributed by atoms with E-state index in [1.165, 1.54) is 46.1 Å². The summed E-state index contributed by atoms with van der Waals surface area (Å²) < 4.78 is 0.718. The minimum atomic E-state index is -1.20. The van der Waals surface area contributed by atoms with Crippen molar-refractivity contribution in [3.8, 4) is 0 Å². The number of carboxylic acid groups (broad SMARTS) is 1. The van der Waals surface area contributed by atoms with Crippen LogP contribution in [0.15, 0.2) is 57.4 Å². The predicted octanol–water partition coefficient (Wildman–Crippen LogP) is 1.45. The van der Waals surface area contributed by atoms with Gasteiger partial charge in [0.2, 0.25) is 11.8 Å². The number of nitrogens with one attached hydrogen (secondary N) is 3. The summed E-state index contributed by atoms with van der Waals surface area (Å²) in [6.07, 6.45) is 1.40. The summed E-state index contributed by atoms with van der Waals surface area (Å²) in [6.45, 7) is 1.84. The predicted molar refractivity (Wildman–Crippen MR) is 149 cm³/mol. The van der Waals surface area contributed by atoms with E-state index < -0.39 is 41.1 Å². The molecule has 0 bridgehead atoms. The van der Waals surface area contributed by atoms with Gasteiger partial charge in [0.1, 0.15) is 34.5 Å². The second-order valence-electron chi connectivity index (χ2n) is 8.52. The van der Waals surface area contributed by atoms with Crippen molar-refractivity contribution in [3.05, 3.63) is 58.5 Å². The maximum Gasteiger partial charge on any atom is 0.352 e. The second kappa shape index (κ2) is 12.4. The van der Waals surface area contributed by atoms with E-state index in [4.69, 9.17) is 0 Å². The molecule has 0 radical (unpaired) electrons. The van der Waals surface area contributed by atoms with Crippen molar-refractivity contribution in [3.63, 3.8) is 0 Å². The van der Waals surface area contributed by atoms with Crippen LogP contribution in [0.25, 0.3) is 0 Å². The number of amides is 3.